The van der Waals surface area contributed by atoms with Crippen molar-refractivity contribution in [3.63, 3.8) is 0 Å². The molecule has 0 aliphatic carbocycles. The zero-order valence-electron chi connectivity index (χ0n) is 13.3. The Morgan fingerprint density at radius 1 is 1.38 bits per heavy atom. The van der Waals surface area contributed by atoms with Crippen LogP contribution < -0.4 is 5.48 Å². The molecule has 2 rings (SSSR count). The molecule has 1 unspecified atom stereocenters. The number of aryl methyl sites for hydroxylation is 2. The Hall–Kier alpha value is -2.11. The van der Waals surface area contributed by atoms with Crippen molar-refractivity contribution in [2.75, 3.05) is 0 Å². The number of carbonyl (C=O) groups is 2. The van der Waals surface area contributed by atoms with E-state index in [1.54, 1.807) is 26.2 Å². The number of ether oxygens (including phenoxy) is 1. The largest absolute Gasteiger partial charge is 0.459 e. The van der Waals surface area contributed by atoms with Crippen molar-refractivity contribution in [3.8, 4) is 0 Å². The van der Waals surface area contributed by atoms with Gasteiger partial charge in [-0.1, -0.05) is 5.16 Å². The zero-order valence-corrected chi connectivity index (χ0v) is 14.9. The lowest BCUT2D eigenvalue weighted by atomic mass is 10.3. The highest BCUT2D eigenvalue weighted by Gasteiger charge is 2.25. The first-order valence-corrected chi connectivity index (χ1v) is 8.73. The third-order valence-corrected chi connectivity index (χ3v) is 4.85. The fourth-order valence-corrected chi connectivity index (χ4v) is 3.64. The molecule has 2 aromatic heterocycles. The minimum absolute atomic E-state index is 0.148. The van der Waals surface area contributed by atoms with Gasteiger partial charge in [-0.05, 0) is 31.7 Å². The van der Waals surface area contributed by atoms with Crippen LogP contribution in [0.3, 0.4) is 0 Å². The average molecular weight is 373 g/mol. The smallest absolute Gasteiger partial charge is 0.349 e. The van der Waals surface area contributed by atoms with E-state index in [0.717, 1.165) is 11.3 Å². The summed E-state index contributed by atoms with van der Waals surface area (Å²) in [6.07, 6.45) is -0.316. The normalized spacial score (nSPS) is 12.2. The number of thiophene rings is 1. The molecule has 0 spiro atoms. The molecule has 0 saturated carbocycles. The fourth-order valence-electron chi connectivity index (χ4n) is 1.60. The number of amides is 1. The summed E-state index contributed by atoms with van der Waals surface area (Å²) in [4.78, 5) is 27.8. The number of carbonyl (C=O) groups excluding carboxylic acids is 2. The molecule has 1 atom stereocenters. The number of nitrogens with zero attached hydrogens (tertiary/aromatic N) is 2. The highest BCUT2D eigenvalue weighted by Crippen LogP contribution is 2.27. The van der Waals surface area contributed by atoms with Crippen LogP contribution in [0.25, 0.3) is 0 Å². The number of hydrogen-bond donors (Lipinski definition) is 1. The maximum absolute atomic E-state index is 12.3. The van der Waals surface area contributed by atoms with E-state index < -0.39 is 23.0 Å². The maximum Gasteiger partial charge on any atom is 0.349 e. The summed E-state index contributed by atoms with van der Waals surface area (Å²) in [5, 5.41) is 5.05. The van der Waals surface area contributed by atoms with E-state index in [4.69, 9.17) is 9.02 Å². The van der Waals surface area contributed by atoms with E-state index in [0.29, 0.717) is 5.56 Å². The van der Waals surface area contributed by atoms with Crippen LogP contribution in [0.15, 0.2) is 14.8 Å². The Bertz CT molecular complexity index is 783. The predicted molar refractivity (Wildman–Crippen MR) is 83.6 cm³/mol. The molecule has 0 saturated heterocycles. The second-order valence-electron chi connectivity index (χ2n) is 4.92. The van der Waals surface area contributed by atoms with Crippen LogP contribution in [0.5, 0.6) is 0 Å². The van der Waals surface area contributed by atoms with Gasteiger partial charge >= 0.3 is 11.9 Å². The quantitative estimate of drug-likeness (QED) is 0.600. The summed E-state index contributed by atoms with van der Waals surface area (Å²) in [5.74, 6) is -1.48. The molecule has 0 radical (unpaired) electrons. The number of esters is 1. The van der Waals surface area contributed by atoms with Crippen molar-refractivity contribution in [1.29, 1.82) is 0 Å². The van der Waals surface area contributed by atoms with Crippen molar-refractivity contribution in [2.45, 2.75) is 38.7 Å². The number of aromatic nitrogens is 2. The Labute approximate surface area is 144 Å². The molecule has 130 valence electrons. The van der Waals surface area contributed by atoms with E-state index in [2.05, 4.69) is 14.7 Å². The van der Waals surface area contributed by atoms with Crippen LogP contribution in [-0.2, 0) is 20.1 Å². The van der Waals surface area contributed by atoms with Crippen LogP contribution >= 0.6 is 11.3 Å². The van der Waals surface area contributed by atoms with Gasteiger partial charge in [0, 0.05) is 6.92 Å². The molecule has 1 amide bonds. The van der Waals surface area contributed by atoms with Gasteiger partial charge in [-0.25, -0.2) is 14.5 Å². The zero-order chi connectivity index (χ0) is 17.9. The Morgan fingerprint density at radius 2 is 2.08 bits per heavy atom. The molecular weight excluding hydrogens is 358 g/mol. The Morgan fingerprint density at radius 3 is 2.67 bits per heavy atom. The van der Waals surface area contributed by atoms with Crippen molar-refractivity contribution >= 4 is 34.3 Å². The summed E-state index contributed by atoms with van der Waals surface area (Å²) in [6.45, 7) is 6.60. The van der Waals surface area contributed by atoms with E-state index in [1.807, 2.05) is 5.48 Å². The molecule has 24 heavy (non-hydrogen) atoms. The van der Waals surface area contributed by atoms with Gasteiger partial charge in [0.25, 0.3) is 5.82 Å². The minimum Gasteiger partial charge on any atom is -0.459 e. The molecule has 0 fully saturated rings. The van der Waals surface area contributed by atoms with Gasteiger partial charge in [-0.15, -0.1) is 11.3 Å². The van der Waals surface area contributed by atoms with Gasteiger partial charge in [0.15, 0.2) is 0 Å². The molecule has 2 heterocycles. The van der Waals surface area contributed by atoms with E-state index in [-0.39, 0.29) is 27.6 Å². The lowest BCUT2D eigenvalue weighted by Gasteiger charge is -2.08. The van der Waals surface area contributed by atoms with Gasteiger partial charge in [-0.3, -0.25) is 4.79 Å². The second-order valence-corrected chi connectivity index (χ2v) is 6.84. The van der Waals surface area contributed by atoms with Crippen LogP contribution in [0.2, 0.25) is 0 Å². The summed E-state index contributed by atoms with van der Waals surface area (Å²) in [5.41, 5.74) is 2.55. The minimum atomic E-state index is -2.11. The first kappa shape index (κ1) is 18.2. The molecular formula is C13H15N3O6S2. The highest BCUT2D eigenvalue weighted by molar-refractivity contribution is 7.80. The fraction of sp³-hybridized carbons (Fsp3) is 0.385. The van der Waals surface area contributed by atoms with Crippen LogP contribution in [0.4, 0.5) is 0 Å². The summed E-state index contributed by atoms with van der Waals surface area (Å²) in [7, 11) is 0. The first-order valence-electron chi connectivity index (χ1n) is 6.78. The van der Waals surface area contributed by atoms with Crippen LogP contribution in [0.1, 0.15) is 45.6 Å². The first-order chi connectivity index (χ1) is 11.3. The molecule has 0 aromatic carbocycles. The Balaban J connectivity index is 2.08. The molecule has 0 aliphatic heterocycles. The number of nitrogens with one attached hydrogen (secondary N) is 1. The van der Waals surface area contributed by atoms with Crippen molar-refractivity contribution in [2.24, 2.45) is 0 Å². The van der Waals surface area contributed by atoms with Crippen LogP contribution in [-0.4, -0.2) is 32.3 Å². The monoisotopic (exact) mass is 373 g/mol. The lowest BCUT2D eigenvalue weighted by molar-refractivity contribution is 0.0379. The van der Waals surface area contributed by atoms with Crippen molar-refractivity contribution in [3.05, 3.63) is 27.5 Å². The molecule has 11 heteroatoms. The highest BCUT2D eigenvalue weighted by atomic mass is 32.2. The maximum atomic E-state index is 12.3. The third-order valence-electron chi connectivity index (χ3n) is 2.55. The standard InChI is InChI=1S/C13H15N3O6S2/c1-6(2)20-13(18)9-10(7(3)5-23-9)24(19)22-16-12(17)11-14-8(4)21-15-11/h5-6H,1-4H3,(H,16,17). The molecule has 0 bridgehead atoms. The molecule has 1 N–H and O–H groups in total. The number of hydrogen-bond acceptors (Lipinski definition) is 9. The molecule has 9 nitrogen and oxygen atoms in total. The van der Waals surface area contributed by atoms with E-state index >= 15 is 0 Å². The molecule has 2 aromatic rings. The van der Waals surface area contributed by atoms with Gasteiger partial charge in [0.1, 0.15) is 4.88 Å². The topological polar surface area (TPSA) is 121 Å². The third kappa shape index (κ3) is 4.24. The predicted octanol–water partition coefficient (Wildman–Crippen LogP) is 1.70. The number of hydroxylamine groups is 1. The van der Waals surface area contributed by atoms with Crippen molar-refractivity contribution in [1.82, 2.24) is 15.6 Å². The van der Waals surface area contributed by atoms with Crippen molar-refractivity contribution < 1.29 is 27.3 Å². The van der Waals surface area contributed by atoms with E-state index in [1.165, 1.54) is 6.92 Å². The van der Waals surface area contributed by atoms with Gasteiger partial charge < -0.3 is 9.26 Å². The SMILES string of the molecule is Cc1nc(C(=O)NOS(=O)c2c(C)csc2C(=O)OC(C)C)no1. The average Bonchev–Trinajstić information content (AvgIpc) is 3.10. The second kappa shape index (κ2) is 7.64. The molecule has 0 aliphatic rings. The Kier molecular flexibility index (Phi) is 5.80. The lowest BCUT2D eigenvalue weighted by Crippen LogP contribution is -2.26. The van der Waals surface area contributed by atoms with Crippen LogP contribution in [0, 0.1) is 13.8 Å². The van der Waals surface area contributed by atoms with Gasteiger partial charge in [0.2, 0.25) is 17.0 Å². The van der Waals surface area contributed by atoms with Gasteiger partial charge in [-0.2, -0.15) is 9.27 Å². The summed E-state index contributed by atoms with van der Waals surface area (Å²) >= 11 is -1.02. The summed E-state index contributed by atoms with van der Waals surface area (Å²) in [6, 6.07) is 0. The number of rotatable bonds is 6. The summed E-state index contributed by atoms with van der Waals surface area (Å²) < 4.78 is 26.9. The van der Waals surface area contributed by atoms with Gasteiger partial charge in [0.05, 0.1) is 11.0 Å². The van der Waals surface area contributed by atoms with E-state index in [9.17, 15) is 13.8 Å².